The van der Waals surface area contributed by atoms with Crippen LogP contribution >= 0.6 is 11.6 Å². The summed E-state index contributed by atoms with van der Waals surface area (Å²) in [4.78, 5) is 32.9. The van der Waals surface area contributed by atoms with Crippen molar-refractivity contribution in [2.24, 2.45) is 17.8 Å². The molecule has 2 bridgehead atoms. The second-order valence-corrected chi connectivity index (χ2v) is 17.4. The van der Waals surface area contributed by atoms with Crippen molar-refractivity contribution in [3.05, 3.63) is 70.3 Å². The van der Waals surface area contributed by atoms with E-state index in [1.165, 1.54) is 11.1 Å². The standard InChI is InChI=1S/C41H57ClN4O6S/c1-6-8-30-21-34(42)12-13-35(30)33-24-46-23-32-10-14-36(32)41(51-5,27-44-17-19-45(20-18-44)39(47)26-50-4)16-7-9-28(2)29(3)53(49)43-40(48)31-11-15-38(52-25-33)37(46)22-31/h7,11-13,15-16,21-22,28-29,32-33,36H,6,8-10,14,17-20,23-27H2,1-5H3,(H,43,48)/b16-7+. The Morgan fingerprint density at radius 2 is 1.89 bits per heavy atom. The molecule has 6 rings (SSSR count). The topological polar surface area (TPSA) is 107 Å². The van der Waals surface area contributed by atoms with E-state index in [4.69, 9.17) is 25.8 Å². The lowest BCUT2D eigenvalue weighted by atomic mass is 9.63. The maximum absolute atomic E-state index is 13.6. The number of methoxy groups -OCH3 is 2. The molecule has 0 radical (unpaired) electrons. The SMILES string of the molecule is CCCc1cc(Cl)ccc1C1COc2ccc3cc2N(C1)CC1CCC1C(CN1CCN(C(=O)COC)CC1)(OC)/C=C/CC(C)C(C)[S+]([O-])NC3=O. The molecule has 3 heterocycles. The molecule has 10 nitrogen and oxygen atoms in total. The van der Waals surface area contributed by atoms with Crippen molar-refractivity contribution in [2.75, 3.05) is 78.1 Å². The predicted molar refractivity (Wildman–Crippen MR) is 211 cm³/mol. The summed E-state index contributed by atoms with van der Waals surface area (Å²) in [5, 5.41) is 0.474. The summed E-state index contributed by atoms with van der Waals surface area (Å²) in [6.07, 6.45) is 9.22. The van der Waals surface area contributed by atoms with Gasteiger partial charge in [-0.05, 0) is 85.9 Å². The van der Waals surface area contributed by atoms with Gasteiger partial charge in [-0.2, -0.15) is 4.72 Å². The van der Waals surface area contributed by atoms with Gasteiger partial charge < -0.3 is 28.6 Å². The molecule has 1 aliphatic carbocycles. The van der Waals surface area contributed by atoms with Crippen molar-refractivity contribution in [1.29, 1.82) is 0 Å². The number of nitrogens with one attached hydrogen (secondary N) is 1. The third-order valence-electron chi connectivity index (χ3n) is 12.1. The predicted octanol–water partition coefficient (Wildman–Crippen LogP) is 5.86. The fourth-order valence-corrected chi connectivity index (χ4v) is 9.81. The number of nitrogens with zero attached hydrogens (tertiary/aromatic N) is 3. The number of anilines is 1. The number of amides is 2. The van der Waals surface area contributed by atoms with Crippen LogP contribution in [0.15, 0.2) is 48.6 Å². The van der Waals surface area contributed by atoms with Gasteiger partial charge in [0.25, 0.3) is 5.91 Å². The Kier molecular flexibility index (Phi) is 13.4. The van der Waals surface area contributed by atoms with Gasteiger partial charge in [0, 0.05) is 82.5 Å². The van der Waals surface area contributed by atoms with Crippen molar-refractivity contribution in [3.63, 3.8) is 0 Å². The highest BCUT2D eigenvalue weighted by atomic mass is 35.5. The summed E-state index contributed by atoms with van der Waals surface area (Å²) < 4.78 is 34.6. The van der Waals surface area contributed by atoms with Gasteiger partial charge >= 0.3 is 0 Å². The second-order valence-electron chi connectivity index (χ2n) is 15.4. The van der Waals surface area contributed by atoms with Gasteiger partial charge in [-0.25, -0.2) is 0 Å². The number of aryl methyl sites for hydroxylation is 1. The van der Waals surface area contributed by atoms with Crippen molar-refractivity contribution in [3.8, 4) is 5.75 Å². The molecule has 290 valence electrons. The molecule has 7 atom stereocenters. The molecule has 4 aliphatic rings. The quantitative estimate of drug-likeness (QED) is 0.263. The third-order valence-corrected chi connectivity index (χ3v) is 13.9. The Hall–Kier alpha value is -2.80. The first-order valence-corrected chi connectivity index (χ1v) is 20.9. The van der Waals surface area contributed by atoms with E-state index in [2.05, 4.69) is 52.7 Å². The van der Waals surface area contributed by atoms with E-state index in [1.54, 1.807) is 13.2 Å². The number of ether oxygens (including phenoxy) is 3. The summed E-state index contributed by atoms with van der Waals surface area (Å²) in [6, 6.07) is 11.8. The Bertz CT molecular complexity index is 1620. The molecule has 2 amide bonds. The second kappa shape index (κ2) is 17.8. The van der Waals surface area contributed by atoms with Crippen molar-refractivity contribution in [1.82, 2.24) is 14.5 Å². The van der Waals surface area contributed by atoms with Gasteiger partial charge in [-0.15, -0.1) is 0 Å². The molecule has 0 spiro atoms. The fraction of sp³-hybridized carbons (Fsp3) is 0.610. The third kappa shape index (κ3) is 9.03. The number of carbonyl (C=O) groups is 2. The first-order valence-electron chi connectivity index (χ1n) is 19.3. The monoisotopic (exact) mass is 768 g/mol. The number of allylic oxidation sites excluding steroid dienone is 1. The van der Waals surface area contributed by atoms with E-state index in [0.717, 1.165) is 68.3 Å². The first-order chi connectivity index (χ1) is 25.5. The lowest BCUT2D eigenvalue weighted by molar-refractivity contribution is -0.138. The number of rotatable bonds is 8. The minimum absolute atomic E-state index is 0.0255. The number of piperazine rings is 1. The van der Waals surface area contributed by atoms with Crippen LogP contribution in [0.25, 0.3) is 0 Å². The van der Waals surface area contributed by atoms with E-state index in [0.29, 0.717) is 44.1 Å². The van der Waals surface area contributed by atoms with Crippen LogP contribution in [0.2, 0.25) is 5.02 Å². The Morgan fingerprint density at radius 3 is 2.58 bits per heavy atom. The van der Waals surface area contributed by atoms with Gasteiger partial charge in [-0.1, -0.05) is 50.1 Å². The smallest absolute Gasteiger partial charge is 0.292 e. The van der Waals surface area contributed by atoms with E-state index >= 15 is 0 Å². The van der Waals surface area contributed by atoms with Gasteiger partial charge in [-0.3, -0.25) is 14.5 Å². The molecule has 2 fully saturated rings. The summed E-state index contributed by atoms with van der Waals surface area (Å²) in [7, 11) is 3.39. The molecular formula is C41H57ClN4O6S. The van der Waals surface area contributed by atoms with Crippen LogP contribution < -0.4 is 14.4 Å². The largest absolute Gasteiger partial charge is 0.593 e. The molecule has 2 aromatic carbocycles. The van der Waals surface area contributed by atoms with Crippen molar-refractivity contribution >= 4 is 40.5 Å². The van der Waals surface area contributed by atoms with E-state index < -0.39 is 17.0 Å². The normalized spacial score (nSPS) is 30.4. The molecule has 53 heavy (non-hydrogen) atoms. The molecule has 3 aliphatic heterocycles. The fourth-order valence-electron chi connectivity index (χ4n) is 8.59. The molecule has 0 aromatic heterocycles. The number of hydrogen-bond donors (Lipinski definition) is 1. The summed E-state index contributed by atoms with van der Waals surface area (Å²) >= 11 is 4.92. The number of halogens is 1. The molecule has 7 unspecified atom stereocenters. The van der Waals surface area contributed by atoms with Gasteiger partial charge in [0.1, 0.15) is 23.2 Å². The van der Waals surface area contributed by atoms with Crippen molar-refractivity contribution < 1.29 is 28.4 Å². The lowest BCUT2D eigenvalue weighted by Gasteiger charge is -2.52. The van der Waals surface area contributed by atoms with Crippen LogP contribution in [-0.2, 0) is 32.1 Å². The van der Waals surface area contributed by atoms with E-state index in [9.17, 15) is 14.1 Å². The maximum Gasteiger partial charge on any atom is 0.292 e. The minimum atomic E-state index is -1.58. The lowest BCUT2D eigenvalue weighted by Crippen LogP contribution is -2.59. The highest BCUT2D eigenvalue weighted by molar-refractivity contribution is 7.90. The highest BCUT2D eigenvalue weighted by Crippen LogP contribution is 2.47. The molecule has 1 saturated heterocycles. The molecular weight excluding hydrogens is 712 g/mol. The zero-order chi connectivity index (χ0) is 37.7. The molecule has 1 saturated carbocycles. The van der Waals surface area contributed by atoms with Crippen LogP contribution in [0.3, 0.4) is 0 Å². The molecule has 1 N–H and O–H groups in total. The number of carbonyl (C=O) groups excluding carboxylic acids is 2. The van der Waals surface area contributed by atoms with Crippen LogP contribution in [0.1, 0.15) is 73.9 Å². The minimum Gasteiger partial charge on any atom is -0.593 e. The van der Waals surface area contributed by atoms with Gasteiger partial charge in [0.15, 0.2) is 0 Å². The van der Waals surface area contributed by atoms with Gasteiger partial charge in [0.05, 0.1) is 23.7 Å². The number of fused-ring (bicyclic) bond motifs is 2. The Morgan fingerprint density at radius 1 is 1.09 bits per heavy atom. The zero-order valence-electron chi connectivity index (χ0n) is 32.0. The highest BCUT2D eigenvalue weighted by Gasteiger charge is 2.49. The number of benzene rings is 2. The summed E-state index contributed by atoms with van der Waals surface area (Å²) in [5.74, 6) is 1.13. The van der Waals surface area contributed by atoms with Crippen molar-refractivity contribution in [2.45, 2.75) is 69.6 Å². The van der Waals surface area contributed by atoms with Crippen LogP contribution in [-0.4, -0.2) is 110 Å². The van der Waals surface area contributed by atoms with E-state index in [1.807, 2.05) is 37.1 Å². The average molecular weight is 769 g/mol. The Balaban J connectivity index is 1.35. The zero-order valence-corrected chi connectivity index (χ0v) is 33.6. The van der Waals surface area contributed by atoms with Crippen LogP contribution in [0.5, 0.6) is 5.75 Å². The Labute approximate surface area is 323 Å². The molecule has 2 aromatic rings. The summed E-state index contributed by atoms with van der Waals surface area (Å²) in [6.45, 7) is 11.9. The van der Waals surface area contributed by atoms with E-state index in [-0.39, 0.29) is 41.4 Å². The van der Waals surface area contributed by atoms with Crippen LogP contribution in [0.4, 0.5) is 5.69 Å². The maximum atomic E-state index is 13.6. The molecule has 12 heteroatoms. The average Bonchev–Trinajstić information content (AvgIpc) is 3.32. The summed E-state index contributed by atoms with van der Waals surface area (Å²) in [5.41, 5.74) is 3.29. The number of hydrogen-bond acceptors (Lipinski definition) is 8. The van der Waals surface area contributed by atoms with Gasteiger partial charge in [0.2, 0.25) is 5.91 Å². The van der Waals surface area contributed by atoms with Crippen LogP contribution in [0, 0.1) is 17.8 Å². The first kappa shape index (κ1) is 39.9.